The number of benzene rings is 1. The predicted octanol–water partition coefficient (Wildman–Crippen LogP) is 3.75. The van der Waals surface area contributed by atoms with E-state index in [1.165, 1.54) is 18.3 Å². The van der Waals surface area contributed by atoms with Crippen LogP contribution in [0.3, 0.4) is 0 Å². The van der Waals surface area contributed by atoms with Crippen molar-refractivity contribution in [3.05, 3.63) is 47.6 Å². The molecule has 2 N–H and O–H groups in total. The van der Waals surface area contributed by atoms with E-state index in [0.29, 0.717) is 16.5 Å². The van der Waals surface area contributed by atoms with E-state index in [1.54, 1.807) is 24.3 Å². The van der Waals surface area contributed by atoms with Gasteiger partial charge >= 0.3 is 0 Å². The molecule has 7 heteroatoms. The lowest BCUT2D eigenvalue weighted by atomic mass is 10.1. The van der Waals surface area contributed by atoms with Crippen LogP contribution in [0.4, 0.5) is 11.5 Å². The normalized spacial score (nSPS) is 12.0. The Balaban J connectivity index is 2.17. The van der Waals surface area contributed by atoms with E-state index in [9.17, 15) is 8.42 Å². The zero-order valence-corrected chi connectivity index (χ0v) is 14.2. The number of rotatable bonds is 4. The van der Waals surface area contributed by atoms with Gasteiger partial charge in [0.05, 0.1) is 16.8 Å². The first-order valence-corrected chi connectivity index (χ1v) is 8.54. The maximum Gasteiger partial charge on any atom is 0.261 e. The van der Waals surface area contributed by atoms with Crippen LogP contribution in [0.15, 0.2) is 47.5 Å². The van der Waals surface area contributed by atoms with Crippen molar-refractivity contribution < 1.29 is 8.42 Å². The van der Waals surface area contributed by atoms with Gasteiger partial charge in [-0.1, -0.05) is 17.7 Å². The molecule has 0 unspecified atom stereocenters. The van der Waals surface area contributed by atoms with Crippen molar-refractivity contribution in [1.29, 1.82) is 0 Å². The van der Waals surface area contributed by atoms with Crippen molar-refractivity contribution in [2.75, 3.05) is 10.0 Å². The summed E-state index contributed by atoms with van der Waals surface area (Å²) in [6.45, 7) is 6.05. The Kier molecular flexibility index (Phi) is 4.63. The number of pyridine rings is 1. The molecule has 0 fully saturated rings. The van der Waals surface area contributed by atoms with Crippen LogP contribution in [0.25, 0.3) is 0 Å². The summed E-state index contributed by atoms with van der Waals surface area (Å²) in [5.74, 6) is 0.679. The van der Waals surface area contributed by atoms with Crippen LogP contribution in [0.2, 0.25) is 5.02 Å². The van der Waals surface area contributed by atoms with E-state index in [1.807, 2.05) is 20.8 Å². The summed E-state index contributed by atoms with van der Waals surface area (Å²) in [5, 5.41) is 3.57. The second-order valence-corrected chi connectivity index (χ2v) is 7.99. The molecule has 0 aliphatic rings. The monoisotopic (exact) mass is 339 g/mol. The fourth-order valence-electron chi connectivity index (χ4n) is 1.76. The van der Waals surface area contributed by atoms with Crippen LogP contribution in [0.5, 0.6) is 0 Å². The summed E-state index contributed by atoms with van der Waals surface area (Å²) in [7, 11) is -3.68. The van der Waals surface area contributed by atoms with Crippen LogP contribution in [-0.2, 0) is 10.0 Å². The van der Waals surface area contributed by atoms with E-state index in [-0.39, 0.29) is 10.4 Å². The van der Waals surface area contributed by atoms with Gasteiger partial charge in [-0.05, 0) is 51.1 Å². The largest absolute Gasteiger partial charge is 0.365 e. The number of sulfonamides is 1. The molecule has 0 bridgehead atoms. The lowest BCUT2D eigenvalue weighted by Crippen LogP contribution is -2.26. The highest BCUT2D eigenvalue weighted by atomic mass is 35.5. The zero-order chi connectivity index (χ0) is 16.4. The van der Waals surface area contributed by atoms with Crippen molar-refractivity contribution in [3.63, 3.8) is 0 Å². The quantitative estimate of drug-likeness (QED) is 0.890. The summed E-state index contributed by atoms with van der Waals surface area (Å²) >= 11 is 5.82. The maximum absolute atomic E-state index is 12.3. The Labute approximate surface area is 135 Å². The molecule has 0 saturated heterocycles. The van der Waals surface area contributed by atoms with Gasteiger partial charge in [0.15, 0.2) is 0 Å². The average molecular weight is 340 g/mol. The molecule has 0 radical (unpaired) electrons. The van der Waals surface area contributed by atoms with Gasteiger partial charge in [-0.3, -0.25) is 4.72 Å². The van der Waals surface area contributed by atoms with Crippen LogP contribution in [0, 0.1) is 0 Å². The summed E-state index contributed by atoms with van der Waals surface area (Å²) in [6.07, 6.45) is 1.47. The van der Waals surface area contributed by atoms with Crippen molar-refractivity contribution in [2.45, 2.75) is 31.2 Å². The third-order valence-corrected chi connectivity index (χ3v) is 4.24. The summed E-state index contributed by atoms with van der Waals surface area (Å²) in [5.41, 5.74) is 0.272. The van der Waals surface area contributed by atoms with Gasteiger partial charge in [0.25, 0.3) is 10.0 Å². The van der Waals surface area contributed by atoms with Crippen molar-refractivity contribution in [3.8, 4) is 0 Å². The fourth-order valence-corrected chi connectivity index (χ4v) is 3.10. The molecule has 0 spiro atoms. The number of aromatic nitrogens is 1. The van der Waals surface area contributed by atoms with Gasteiger partial charge < -0.3 is 5.32 Å². The lowest BCUT2D eigenvalue weighted by Gasteiger charge is -2.21. The first-order chi connectivity index (χ1) is 10.2. The smallest absolute Gasteiger partial charge is 0.261 e. The SMILES string of the molecule is CC(C)(C)Nc1ccc(NS(=O)(=O)c2cccc(Cl)c2)cn1. The molecular formula is C15H18ClN3O2S. The zero-order valence-electron chi connectivity index (χ0n) is 12.6. The standard InChI is InChI=1S/C15H18ClN3O2S/c1-15(2,3)18-14-8-7-12(10-17-14)19-22(20,21)13-6-4-5-11(16)9-13/h4-10,19H,1-3H3,(H,17,18). The van der Waals surface area contributed by atoms with E-state index in [2.05, 4.69) is 15.0 Å². The predicted molar refractivity (Wildman–Crippen MR) is 89.9 cm³/mol. The van der Waals surface area contributed by atoms with Gasteiger partial charge in [0, 0.05) is 10.6 Å². The Hall–Kier alpha value is -1.79. The molecular weight excluding hydrogens is 322 g/mol. The molecule has 22 heavy (non-hydrogen) atoms. The van der Waals surface area contributed by atoms with Gasteiger partial charge in [-0.25, -0.2) is 13.4 Å². The number of hydrogen-bond acceptors (Lipinski definition) is 4. The highest BCUT2D eigenvalue weighted by Gasteiger charge is 2.15. The molecule has 1 aromatic carbocycles. The molecule has 1 heterocycles. The van der Waals surface area contributed by atoms with Gasteiger partial charge in [-0.15, -0.1) is 0 Å². The molecule has 0 aliphatic carbocycles. The molecule has 2 rings (SSSR count). The minimum atomic E-state index is -3.68. The molecule has 1 aromatic heterocycles. The number of anilines is 2. The maximum atomic E-state index is 12.3. The van der Waals surface area contributed by atoms with Crippen molar-refractivity contribution in [2.24, 2.45) is 0 Å². The molecule has 118 valence electrons. The van der Waals surface area contributed by atoms with E-state index < -0.39 is 10.0 Å². The number of halogens is 1. The van der Waals surface area contributed by atoms with Gasteiger partial charge in [0.2, 0.25) is 0 Å². The summed E-state index contributed by atoms with van der Waals surface area (Å²) in [4.78, 5) is 4.30. The van der Waals surface area contributed by atoms with Gasteiger partial charge in [0.1, 0.15) is 5.82 Å². The number of nitrogens with one attached hydrogen (secondary N) is 2. The molecule has 0 aliphatic heterocycles. The van der Waals surface area contributed by atoms with Crippen molar-refractivity contribution >= 4 is 33.1 Å². The first-order valence-electron chi connectivity index (χ1n) is 6.68. The Morgan fingerprint density at radius 1 is 1.14 bits per heavy atom. The Morgan fingerprint density at radius 2 is 1.86 bits per heavy atom. The second-order valence-electron chi connectivity index (χ2n) is 5.87. The summed E-state index contributed by atoms with van der Waals surface area (Å²) < 4.78 is 27.0. The topological polar surface area (TPSA) is 71.1 Å². The molecule has 5 nitrogen and oxygen atoms in total. The van der Waals surface area contributed by atoms with E-state index in [0.717, 1.165) is 0 Å². The van der Waals surface area contributed by atoms with Gasteiger partial charge in [-0.2, -0.15) is 0 Å². The minimum absolute atomic E-state index is 0.108. The summed E-state index contributed by atoms with van der Waals surface area (Å²) in [6, 6.07) is 9.47. The highest BCUT2D eigenvalue weighted by molar-refractivity contribution is 7.92. The molecule has 2 aromatic rings. The molecule has 0 atom stereocenters. The van der Waals surface area contributed by atoms with Crippen LogP contribution in [-0.4, -0.2) is 18.9 Å². The third-order valence-electron chi connectivity index (χ3n) is 2.63. The Morgan fingerprint density at radius 3 is 2.41 bits per heavy atom. The second kappa shape index (κ2) is 6.14. The third kappa shape index (κ3) is 4.61. The van der Waals surface area contributed by atoms with Crippen molar-refractivity contribution in [1.82, 2.24) is 4.98 Å². The van der Waals surface area contributed by atoms with Crippen LogP contribution < -0.4 is 10.0 Å². The highest BCUT2D eigenvalue weighted by Crippen LogP contribution is 2.20. The first kappa shape index (κ1) is 16.6. The number of hydrogen-bond donors (Lipinski definition) is 2. The molecule has 0 amide bonds. The van der Waals surface area contributed by atoms with E-state index >= 15 is 0 Å². The number of nitrogens with zero attached hydrogens (tertiary/aromatic N) is 1. The van der Waals surface area contributed by atoms with Crippen LogP contribution in [0.1, 0.15) is 20.8 Å². The fraction of sp³-hybridized carbons (Fsp3) is 0.267. The minimum Gasteiger partial charge on any atom is -0.365 e. The van der Waals surface area contributed by atoms with E-state index in [4.69, 9.17) is 11.6 Å². The molecule has 0 saturated carbocycles. The van der Waals surface area contributed by atoms with Crippen LogP contribution >= 0.6 is 11.6 Å². The lowest BCUT2D eigenvalue weighted by molar-refractivity contribution is 0.601. The Bertz CT molecular complexity index is 753. The average Bonchev–Trinajstić information content (AvgIpc) is 2.39.